The van der Waals surface area contributed by atoms with Gasteiger partial charge in [-0.15, -0.1) is 6.58 Å². The van der Waals surface area contributed by atoms with Gasteiger partial charge in [0.15, 0.2) is 0 Å². The molecule has 1 N–H and O–H groups in total. The molecule has 0 bridgehead atoms. The lowest BCUT2D eigenvalue weighted by Crippen LogP contribution is -2.12. The van der Waals surface area contributed by atoms with E-state index in [0.717, 1.165) is 25.9 Å². The first-order chi connectivity index (χ1) is 5.33. The summed E-state index contributed by atoms with van der Waals surface area (Å²) in [5.41, 5.74) is 0. The molecular formula is C9H15NO. The monoisotopic (exact) mass is 153 g/mol. The van der Waals surface area contributed by atoms with Crippen molar-refractivity contribution in [3.63, 3.8) is 0 Å². The largest absolute Gasteiger partial charge is 0.316 e. The number of rotatable bonds is 4. The molecule has 62 valence electrons. The third kappa shape index (κ3) is 2.85. The van der Waals surface area contributed by atoms with Gasteiger partial charge in [-0.1, -0.05) is 6.08 Å². The van der Waals surface area contributed by atoms with E-state index in [4.69, 9.17) is 0 Å². The summed E-state index contributed by atoms with van der Waals surface area (Å²) in [6.45, 7) is 5.63. The van der Waals surface area contributed by atoms with E-state index in [1.807, 2.05) is 0 Å². The predicted octanol–water partition coefficient (Wildman–Crippen LogP) is 1.13. The molecule has 1 rings (SSSR count). The Bertz CT molecular complexity index is 148. The van der Waals surface area contributed by atoms with Gasteiger partial charge in [0, 0.05) is 12.8 Å². The van der Waals surface area contributed by atoms with Gasteiger partial charge in [0.05, 0.1) is 0 Å². The Labute approximate surface area is 67.7 Å². The fourth-order valence-corrected chi connectivity index (χ4v) is 1.45. The van der Waals surface area contributed by atoms with Crippen LogP contribution in [0.1, 0.15) is 19.3 Å². The molecule has 1 atom stereocenters. The SMILES string of the molecule is C=CCC(=O)C[C@@H]1CCNC1. The van der Waals surface area contributed by atoms with Gasteiger partial charge in [-0.05, 0) is 25.4 Å². The number of hydrogen-bond donors (Lipinski definition) is 1. The van der Waals surface area contributed by atoms with Crippen LogP contribution in [0.5, 0.6) is 0 Å². The van der Waals surface area contributed by atoms with Crippen LogP contribution in [0.3, 0.4) is 0 Å². The minimum atomic E-state index is 0.328. The molecule has 1 saturated heterocycles. The van der Waals surface area contributed by atoms with Crippen LogP contribution in [0, 0.1) is 5.92 Å². The molecule has 2 nitrogen and oxygen atoms in total. The van der Waals surface area contributed by atoms with E-state index in [2.05, 4.69) is 11.9 Å². The predicted molar refractivity (Wildman–Crippen MR) is 45.4 cm³/mol. The maximum absolute atomic E-state index is 11.1. The average Bonchev–Trinajstić information content (AvgIpc) is 2.40. The maximum atomic E-state index is 11.1. The van der Waals surface area contributed by atoms with E-state index in [1.165, 1.54) is 0 Å². The lowest BCUT2D eigenvalue weighted by Gasteiger charge is -2.04. The first-order valence-electron chi connectivity index (χ1n) is 4.16. The summed E-state index contributed by atoms with van der Waals surface area (Å²) >= 11 is 0. The molecule has 1 aliphatic heterocycles. The van der Waals surface area contributed by atoms with Crippen LogP contribution in [0.4, 0.5) is 0 Å². The second-order valence-corrected chi connectivity index (χ2v) is 3.09. The number of ketones is 1. The molecule has 0 aromatic rings. The van der Waals surface area contributed by atoms with Gasteiger partial charge in [0.1, 0.15) is 5.78 Å². The Balaban J connectivity index is 2.18. The van der Waals surface area contributed by atoms with Gasteiger partial charge in [-0.3, -0.25) is 4.79 Å². The number of nitrogens with one attached hydrogen (secondary N) is 1. The molecule has 11 heavy (non-hydrogen) atoms. The fourth-order valence-electron chi connectivity index (χ4n) is 1.45. The van der Waals surface area contributed by atoms with E-state index in [1.54, 1.807) is 6.08 Å². The smallest absolute Gasteiger partial charge is 0.136 e. The number of carbonyl (C=O) groups excluding carboxylic acids is 1. The van der Waals surface area contributed by atoms with Crippen LogP contribution < -0.4 is 5.32 Å². The standard InChI is InChI=1S/C9H15NO/c1-2-3-9(11)6-8-4-5-10-7-8/h2,8,10H,1,3-7H2/t8-/m0/s1. The van der Waals surface area contributed by atoms with Crippen molar-refractivity contribution < 1.29 is 4.79 Å². The minimum absolute atomic E-state index is 0.328. The third-order valence-electron chi connectivity index (χ3n) is 2.05. The van der Waals surface area contributed by atoms with E-state index in [9.17, 15) is 4.79 Å². The lowest BCUT2D eigenvalue weighted by atomic mass is 10.0. The molecule has 1 fully saturated rings. The van der Waals surface area contributed by atoms with Gasteiger partial charge in [-0.25, -0.2) is 0 Å². The highest BCUT2D eigenvalue weighted by Crippen LogP contribution is 2.13. The second-order valence-electron chi connectivity index (χ2n) is 3.09. The van der Waals surface area contributed by atoms with Crippen molar-refractivity contribution in [3.05, 3.63) is 12.7 Å². The van der Waals surface area contributed by atoms with Crippen molar-refractivity contribution in [2.24, 2.45) is 5.92 Å². The zero-order valence-corrected chi connectivity index (χ0v) is 6.81. The number of carbonyl (C=O) groups is 1. The minimum Gasteiger partial charge on any atom is -0.316 e. The van der Waals surface area contributed by atoms with Crippen LogP contribution >= 0.6 is 0 Å². The van der Waals surface area contributed by atoms with Crippen LogP contribution in [0.15, 0.2) is 12.7 Å². The molecule has 2 heteroatoms. The van der Waals surface area contributed by atoms with Gasteiger partial charge >= 0.3 is 0 Å². The van der Waals surface area contributed by atoms with Gasteiger partial charge < -0.3 is 5.32 Å². The Morgan fingerprint density at radius 3 is 3.09 bits per heavy atom. The molecule has 0 spiro atoms. The molecule has 0 saturated carbocycles. The highest BCUT2D eigenvalue weighted by Gasteiger charge is 2.16. The zero-order valence-electron chi connectivity index (χ0n) is 6.81. The molecule has 0 radical (unpaired) electrons. The zero-order chi connectivity index (χ0) is 8.10. The highest BCUT2D eigenvalue weighted by atomic mass is 16.1. The van der Waals surface area contributed by atoms with Crippen molar-refractivity contribution in [2.45, 2.75) is 19.3 Å². The topological polar surface area (TPSA) is 29.1 Å². The average molecular weight is 153 g/mol. The molecule has 0 unspecified atom stereocenters. The molecule has 1 heterocycles. The number of hydrogen-bond acceptors (Lipinski definition) is 2. The third-order valence-corrected chi connectivity index (χ3v) is 2.05. The van der Waals surface area contributed by atoms with Crippen LogP contribution in [-0.2, 0) is 4.79 Å². The summed E-state index contributed by atoms with van der Waals surface area (Å²) in [5.74, 6) is 0.913. The van der Waals surface area contributed by atoms with Gasteiger partial charge in [0.2, 0.25) is 0 Å². The van der Waals surface area contributed by atoms with E-state index >= 15 is 0 Å². The maximum Gasteiger partial charge on any atom is 0.136 e. The Morgan fingerprint density at radius 2 is 2.55 bits per heavy atom. The summed E-state index contributed by atoms with van der Waals surface area (Å²) in [4.78, 5) is 11.1. The Kier molecular flexibility index (Phi) is 3.30. The molecule has 0 aromatic heterocycles. The van der Waals surface area contributed by atoms with Crippen LogP contribution in [0.25, 0.3) is 0 Å². The van der Waals surface area contributed by atoms with E-state index < -0.39 is 0 Å². The van der Waals surface area contributed by atoms with Crippen molar-refractivity contribution >= 4 is 5.78 Å². The lowest BCUT2D eigenvalue weighted by molar-refractivity contribution is -0.119. The number of Topliss-reactive ketones (excluding diaryl/α,β-unsaturated/α-hetero) is 1. The normalized spacial score (nSPS) is 23.5. The van der Waals surface area contributed by atoms with Crippen molar-refractivity contribution in [1.29, 1.82) is 0 Å². The van der Waals surface area contributed by atoms with Crippen LogP contribution in [0.2, 0.25) is 0 Å². The second kappa shape index (κ2) is 4.29. The van der Waals surface area contributed by atoms with Crippen molar-refractivity contribution in [2.75, 3.05) is 13.1 Å². The molecule has 1 aliphatic rings. The number of allylic oxidation sites excluding steroid dienone is 1. The summed E-state index contributed by atoms with van der Waals surface area (Å²) in [6, 6.07) is 0. The first kappa shape index (κ1) is 8.47. The molecule has 0 aliphatic carbocycles. The molecular weight excluding hydrogens is 138 g/mol. The van der Waals surface area contributed by atoms with E-state index in [0.29, 0.717) is 18.1 Å². The first-order valence-corrected chi connectivity index (χ1v) is 4.16. The summed E-state index contributed by atoms with van der Waals surface area (Å²) in [6.07, 6.45) is 4.11. The molecule has 0 aromatic carbocycles. The summed E-state index contributed by atoms with van der Waals surface area (Å²) < 4.78 is 0. The van der Waals surface area contributed by atoms with Crippen molar-refractivity contribution in [1.82, 2.24) is 5.32 Å². The summed E-state index contributed by atoms with van der Waals surface area (Å²) in [5, 5.41) is 3.24. The van der Waals surface area contributed by atoms with Crippen LogP contribution in [-0.4, -0.2) is 18.9 Å². The Morgan fingerprint density at radius 1 is 1.73 bits per heavy atom. The fraction of sp³-hybridized carbons (Fsp3) is 0.667. The quantitative estimate of drug-likeness (QED) is 0.613. The Hall–Kier alpha value is -0.630. The van der Waals surface area contributed by atoms with Crippen molar-refractivity contribution in [3.8, 4) is 0 Å². The molecule has 0 amide bonds. The highest BCUT2D eigenvalue weighted by molar-refractivity contribution is 5.80. The van der Waals surface area contributed by atoms with E-state index in [-0.39, 0.29) is 0 Å². The van der Waals surface area contributed by atoms with Gasteiger partial charge in [0.25, 0.3) is 0 Å². The van der Waals surface area contributed by atoms with Gasteiger partial charge in [-0.2, -0.15) is 0 Å². The summed E-state index contributed by atoms with van der Waals surface area (Å²) in [7, 11) is 0.